The van der Waals surface area contributed by atoms with E-state index in [9.17, 15) is 0 Å². The van der Waals surface area contributed by atoms with Crippen LogP contribution in [0, 0.1) is 0 Å². The van der Waals surface area contributed by atoms with Crippen LogP contribution < -0.4 is 0 Å². The van der Waals surface area contributed by atoms with Crippen LogP contribution in [0.2, 0.25) is 0 Å². The Bertz CT molecular complexity index is 2770. The second kappa shape index (κ2) is 9.90. The van der Waals surface area contributed by atoms with Gasteiger partial charge >= 0.3 is 0 Å². The molecule has 0 fully saturated rings. The van der Waals surface area contributed by atoms with E-state index in [4.69, 9.17) is 0 Å². The topological polar surface area (TPSA) is 4.93 Å². The van der Waals surface area contributed by atoms with Crippen molar-refractivity contribution in [2.24, 2.45) is 0 Å². The Morgan fingerprint density at radius 2 is 1.00 bits per heavy atom. The number of nitrogens with zero attached hydrogens (tertiary/aromatic N) is 1. The van der Waals surface area contributed by atoms with Gasteiger partial charge in [0, 0.05) is 47.4 Å². The number of para-hydroxylation sites is 1. The van der Waals surface area contributed by atoms with Crippen LogP contribution in [0.15, 0.2) is 164 Å². The Morgan fingerprint density at radius 3 is 1.80 bits per heavy atom. The molecule has 0 aliphatic carbocycles. The highest BCUT2D eigenvalue weighted by atomic mass is 32.1. The Balaban J connectivity index is 1.38. The summed E-state index contributed by atoms with van der Waals surface area (Å²) in [6, 6.07) is 59.8. The third-order valence-corrected chi connectivity index (χ3v) is 10.8. The quantitative estimate of drug-likeness (QED) is 0.190. The maximum absolute atomic E-state index is 2.49. The number of aromatic nitrogens is 1. The molecule has 0 bridgehead atoms. The van der Waals surface area contributed by atoms with E-state index in [-0.39, 0.29) is 0 Å². The molecule has 0 atom stereocenters. The highest BCUT2D eigenvalue weighted by molar-refractivity contribution is 7.27. The van der Waals surface area contributed by atoms with Crippen molar-refractivity contribution in [1.29, 1.82) is 0 Å². The molecule has 0 amide bonds. The molecular formula is C44H27NS. The molecule has 2 heterocycles. The predicted octanol–water partition coefficient (Wildman–Crippen LogP) is 12.8. The standard InChI is InChI=1S/C44H27NS/c1-3-12-28(13-4-1)29-22-24-31(25-23-29)34-20-11-21-37-40-41-39-33-17-8-7-14-30(33)26-27-38(39)45(32-15-5-2-6-16-32)42(41)35-18-9-10-19-36(35)44(40)46-43(34)37/h1-27H. The number of rotatable bonds is 3. The van der Waals surface area contributed by atoms with Gasteiger partial charge in [0.15, 0.2) is 0 Å². The second-order valence-electron chi connectivity index (χ2n) is 12.1. The zero-order valence-corrected chi connectivity index (χ0v) is 25.8. The third kappa shape index (κ3) is 3.62. The molecular weight excluding hydrogens is 575 g/mol. The fraction of sp³-hybridized carbons (Fsp3) is 0. The van der Waals surface area contributed by atoms with Crippen molar-refractivity contribution in [2.45, 2.75) is 0 Å². The minimum Gasteiger partial charge on any atom is -0.309 e. The monoisotopic (exact) mass is 601 g/mol. The van der Waals surface area contributed by atoms with Gasteiger partial charge in [0.1, 0.15) is 0 Å². The summed E-state index contributed by atoms with van der Waals surface area (Å²) < 4.78 is 5.18. The largest absolute Gasteiger partial charge is 0.309 e. The fourth-order valence-electron chi connectivity index (χ4n) is 7.55. The molecule has 1 nitrogen and oxygen atoms in total. The lowest BCUT2D eigenvalue weighted by Crippen LogP contribution is -1.94. The van der Waals surface area contributed by atoms with Crippen LogP contribution >= 0.6 is 11.3 Å². The summed E-state index contributed by atoms with van der Waals surface area (Å²) in [6.07, 6.45) is 0. The molecule has 214 valence electrons. The lowest BCUT2D eigenvalue weighted by Gasteiger charge is -2.10. The highest BCUT2D eigenvalue weighted by Gasteiger charge is 2.23. The average molecular weight is 602 g/mol. The van der Waals surface area contributed by atoms with Crippen LogP contribution in [0.25, 0.3) is 91.5 Å². The van der Waals surface area contributed by atoms with Crippen LogP contribution in [0.1, 0.15) is 0 Å². The molecule has 10 rings (SSSR count). The van der Waals surface area contributed by atoms with E-state index >= 15 is 0 Å². The minimum atomic E-state index is 1.18. The summed E-state index contributed by atoms with van der Waals surface area (Å²) in [5.41, 5.74) is 8.71. The van der Waals surface area contributed by atoms with Gasteiger partial charge in [-0.2, -0.15) is 0 Å². The molecule has 0 aliphatic heterocycles. The zero-order chi connectivity index (χ0) is 30.2. The Hall–Kier alpha value is -5.70. The average Bonchev–Trinajstić information content (AvgIpc) is 3.70. The van der Waals surface area contributed by atoms with Crippen molar-refractivity contribution >= 4 is 74.9 Å². The van der Waals surface area contributed by atoms with Gasteiger partial charge in [-0.3, -0.25) is 0 Å². The minimum absolute atomic E-state index is 1.18. The van der Waals surface area contributed by atoms with E-state index in [1.54, 1.807) is 0 Å². The van der Waals surface area contributed by atoms with Crippen molar-refractivity contribution in [3.8, 4) is 27.9 Å². The first-order valence-electron chi connectivity index (χ1n) is 15.8. The Morgan fingerprint density at radius 1 is 0.370 bits per heavy atom. The van der Waals surface area contributed by atoms with Crippen molar-refractivity contribution in [1.82, 2.24) is 4.57 Å². The summed E-state index contributed by atoms with van der Waals surface area (Å²) >= 11 is 1.94. The van der Waals surface area contributed by atoms with Gasteiger partial charge < -0.3 is 4.57 Å². The maximum Gasteiger partial charge on any atom is 0.0626 e. The van der Waals surface area contributed by atoms with Crippen LogP contribution in [0.4, 0.5) is 0 Å². The molecule has 0 saturated carbocycles. The molecule has 2 heteroatoms. The number of hydrogen-bond donors (Lipinski definition) is 0. The van der Waals surface area contributed by atoms with Gasteiger partial charge in [-0.15, -0.1) is 11.3 Å². The fourth-order valence-corrected chi connectivity index (χ4v) is 8.93. The van der Waals surface area contributed by atoms with Crippen molar-refractivity contribution in [3.63, 3.8) is 0 Å². The number of hydrogen-bond acceptors (Lipinski definition) is 1. The Kier molecular flexibility index (Phi) is 5.51. The molecule has 10 aromatic rings. The first-order valence-corrected chi connectivity index (χ1v) is 16.6. The maximum atomic E-state index is 2.49. The molecule has 0 spiro atoms. The smallest absolute Gasteiger partial charge is 0.0626 e. The SMILES string of the molecule is c1ccc(-c2ccc(-c3cccc4c3sc3c5ccccc5c5c(c43)c3c4ccccc4ccc3n5-c3ccccc3)cc2)cc1. The molecule has 0 radical (unpaired) electrons. The van der Waals surface area contributed by atoms with Gasteiger partial charge in [-0.1, -0.05) is 146 Å². The summed E-state index contributed by atoms with van der Waals surface area (Å²) in [5, 5.41) is 10.5. The van der Waals surface area contributed by atoms with Crippen molar-refractivity contribution in [3.05, 3.63) is 164 Å². The number of benzene rings is 8. The van der Waals surface area contributed by atoms with Crippen LogP contribution in [0.3, 0.4) is 0 Å². The van der Waals surface area contributed by atoms with E-state index in [1.165, 1.54) is 91.5 Å². The van der Waals surface area contributed by atoms with E-state index in [2.05, 4.69) is 168 Å². The van der Waals surface area contributed by atoms with Crippen LogP contribution in [-0.4, -0.2) is 4.57 Å². The molecule has 0 unspecified atom stereocenters. The summed E-state index contributed by atoms with van der Waals surface area (Å²) in [4.78, 5) is 0. The van der Waals surface area contributed by atoms with Crippen LogP contribution in [0.5, 0.6) is 0 Å². The Labute approximate surface area is 270 Å². The summed E-state index contributed by atoms with van der Waals surface area (Å²) in [7, 11) is 0. The van der Waals surface area contributed by atoms with E-state index in [0.717, 1.165) is 0 Å². The molecule has 0 N–H and O–H groups in total. The van der Waals surface area contributed by atoms with Crippen LogP contribution in [-0.2, 0) is 0 Å². The zero-order valence-electron chi connectivity index (χ0n) is 24.9. The van der Waals surface area contributed by atoms with Gasteiger partial charge in [0.2, 0.25) is 0 Å². The summed E-state index contributed by atoms with van der Waals surface area (Å²) in [6.45, 7) is 0. The van der Waals surface area contributed by atoms with E-state index in [1.807, 2.05) is 11.3 Å². The van der Waals surface area contributed by atoms with Crippen molar-refractivity contribution in [2.75, 3.05) is 0 Å². The summed E-state index contributed by atoms with van der Waals surface area (Å²) in [5.74, 6) is 0. The van der Waals surface area contributed by atoms with Crippen molar-refractivity contribution < 1.29 is 0 Å². The van der Waals surface area contributed by atoms with E-state index < -0.39 is 0 Å². The number of thiophene rings is 1. The second-order valence-corrected chi connectivity index (χ2v) is 13.1. The molecule has 46 heavy (non-hydrogen) atoms. The van der Waals surface area contributed by atoms with Gasteiger partial charge in [-0.25, -0.2) is 0 Å². The third-order valence-electron chi connectivity index (χ3n) is 9.57. The van der Waals surface area contributed by atoms with E-state index in [0.29, 0.717) is 0 Å². The first-order chi connectivity index (χ1) is 22.8. The lowest BCUT2D eigenvalue weighted by atomic mass is 9.95. The number of fused-ring (bicyclic) bond motifs is 12. The van der Waals surface area contributed by atoms with Gasteiger partial charge in [-0.05, 0) is 51.2 Å². The molecule has 2 aromatic heterocycles. The molecule has 0 saturated heterocycles. The first kappa shape index (κ1) is 25.6. The molecule has 0 aliphatic rings. The lowest BCUT2D eigenvalue weighted by molar-refractivity contribution is 1.19. The predicted molar refractivity (Wildman–Crippen MR) is 200 cm³/mol. The highest BCUT2D eigenvalue weighted by Crippen LogP contribution is 2.50. The van der Waals surface area contributed by atoms with Gasteiger partial charge in [0.05, 0.1) is 11.0 Å². The molecule has 8 aromatic carbocycles. The van der Waals surface area contributed by atoms with Gasteiger partial charge in [0.25, 0.3) is 0 Å². The normalized spacial score (nSPS) is 11.9.